The number of halogens is 1. The number of hydrogen-bond donors (Lipinski definition) is 1. The highest BCUT2D eigenvalue weighted by Gasteiger charge is 2.23. The van der Waals surface area contributed by atoms with E-state index in [9.17, 15) is 18.5 Å². The van der Waals surface area contributed by atoms with Crippen LogP contribution in [0.2, 0.25) is 5.02 Å². The maximum atomic E-state index is 12.5. The Hall–Kier alpha value is -2.12. The van der Waals surface area contributed by atoms with Gasteiger partial charge >= 0.3 is 0 Å². The van der Waals surface area contributed by atoms with Crippen molar-refractivity contribution >= 4 is 33.0 Å². The molecule has 0 spiro atoms. The number of nitro groups is 1. The van der Waals surface area contributed by atoms with Gasteiger partial charge in [0.15, 0.2) is 0 Å². The van der Waals surface area contributed by atoms with Crippen LogP contribution in [-0.4, -0.2) is 13.3 Å². The van der Waals surface area contributed by atoms with Crippen LogP contribution < -0.4 is 4.72 Å². The van der Waals surface area contributed by atoms with Crippen molar-refractivity contribution in [3.63, 3.8) is 0 Å². The lowest BCUT2D eigenvalue weighted by molar-refractivity contribution is -0.385. The van der Waals surface area contributed by atoms with Crippen molar-refractivity contribution in [1.29, 1.82) is 0 Å². The number of nitro benzene ring substituents is 1. The molecule has 122 valence electrons. The molecule has 0 amide bonds. The minimum atomic E-state index is -3.98. The maximum Gasteiger partial charge on any atom is 0.275 e. The molecule has 0 aromatic heterocycles. The number of rotatable bonds is 5. The second-order valence-corrected chi connectivity index (χ2v) is 7.01. The Morgan fingerprint density at radius 3 is 2.52 bits per heavy atom. The third kappa shape index (κ3) is 3.62. The summed E-state index contributed by atoms with van der Waals surface area (Å²) < 4.78 is 27.5. The monoisotopic (exact) mass is 354 g/mol. The van der Waals surface area contributed by atoms with E-state index >= 15 is 0 Å². The zero-order valence-corrected chi connectivity index (χ0v) is 14.1. The van der Waals surface area contributed by atoms with Gasteiger partial charge in [-0.15, -0.1) is 0 Å². The molecule has 0 aliphatic heterocycles. The van der Waals surface area contributed by atoms with E-state index < -0.39 is 14.9 Å². The molecule has 0 saturated carbocycles. The SMILES string of the molecule is CCc1ccccc1NS(=O)(=O)c1cc(Cl)c(C)c([N+](=O)[O-])c1. The van der Waals surface area contributed by atoms with E-state index in [1.807, 2.05) is 19.1 Å². The second-order valence-electron chi connectivity index (χ2n) is 4.92. The molecule has 0 heterocycles. The molecule has 1 N–H and O–H groups in total. The first kappa shape index (κ1) is 17.2. The molecule has 0 unspecified atom stereocenters. The van der Waals surface area contributed by atoms with Crippen LogP contribution in [0.5, 0.6) is 0 Å². The quantitative estimate of drug-likeness (QED) is 0.651. The van der Waals surface area contributed by atoms with E-state index in [1.54, 1.807) is 12.1 Å². The van der Waals surface area contributed by atoms with Gasteiger partial charge in [-0.25, -0.2) is 8.42 Å². The summed E-state index contributed by atoms with van der Waals surface area (Å²) in [5.74, 6) is 0. The highest BCUT2D eigenvalue weighted by Crippen LogP contribution is 2.30. The van der Waals surface area contributed by atoms with Gasteiger partial charge in [-0.05, 0) is 31.0 Å². The molecule has 2 aromatic carbocycles. The molecule has 0 bridgehead atoms. The van der Waals surface area contributed by atoms with Crippen LogP contribution in [0.25, 0.3) is 0 Å². The fourth-order valence-electron chi connectivity index (χ4n) is 2.12. The molecule has 6 nitrogen and oxygen atoms in total. The predicted octanol–water partition coefficient (Wildman–Crippen LogP) is 3.92. The first-order valence-electron chi connectivity index (χ1n) is 6.81. The molecule has 2 aromatic rings. The van der Waals surface area contributed by atoms with Crippen LogP contribution in [0, 0.1) is 17.0 Å². The zero-order chi connectivity index (χ0) is 17.2. The number of sulfonamides is 1. The topological polar surface area (TPSA) is 89.3 Å². The summed E-state index contributed by atoms with van der Waals surface area (Å²) in [5.41, 5.74) is 1.16. The van der Waals surface area contributed by atoms with E-state index in [0.717, 1.165) is 11.6 Å². The van der Waals surface area contributed by atoms with E-state index in [4.69, 9.17) is 11.6 Å². The lowest BCUT2D eigenvalue weighted by atomic mass is 10.1. The third-order valence-corrected chi connectivity index (χ3v) is 5.18. The summed E-state index contributed by atoms with van der Waals surface area (Å²) in [4.78, 5) is 10.1. The van der Waals surface area contributed by atoms with E-state index in [-0.39, 0.29) is 21.2 Å². The summed E-state index contributed by atoms with van der Waals surface area (Å²) in [6.45, 7) is 3.37. The van der Waals surface area contributed by atoms with Crippen molar-refractivity contribution < 1.29 is 13.3 Å². The van der Waals surface area contributed by atoms with Crippen molar-refractivity contribution in [2.24, 2.45) is 0 Å². The molecular formula is C15H15ClN2O4S. The van der Waals surface area contributed by atoms with Gasteiger partial charge in [-0.3, -0.25) is 14.8 Å². The van der Waals surface area contributed by atoms with E-state index in [0.29, 0.717) is 12.1 Å². The minimum absolute atomic E-state index is 0.0309. The fraction of sp³-hybridized carbons (Fsp3) is 0.200. The summed E-state index contributed by atoms with van der Waals surface area (Å²) in [6, 6.07) is 9.19. The molecule has 23 heavy (non-hydrogen) atoms. The van der Waals surface area contributed by atoms with Crippen molar-refractivity contribution in [3.05, 3.63) is 62.7 Å². The summed E-state index contributed by atoms with van der Waals surface area (Å²) in [6.07, 6.45) is 0.646. The third-order valence-electron chi connectivity index (χ3n) is 3.44. The normalized spacial score (nSPS) is 11.3. The lowest BCUT2D eigenvalue weighted by Gasteiger charge is -2.12. The first-order chi connectivity index (χ1) is 10.8. The zero-order valence-electron chi connectivity index (χ0n) is 12.5. The molecule has 0 saturated heterocycles. The first-order valence-corrected chi connectivity index (χ1v) is 8.67. The van der Waals surface area contributed by atoms with E-state index in [1.165, 1.54) is 13.0 Å². The molecule has 2 rings (SSSR count). The van der Waals surface area contributed by atoms with Gasteiger partial charge in [0.05, 0.1) is 20.5 Å². The highest BCUT2D eigenvalue weighted by molar-refractivity contribution is 7.92. The molecule has 0 atom stereocenters. The minimum Gasteiger partial charge on any atom is -0.279 e. The smallest absolute Gasteiger partial charge is 0.275 e. The van der Waals surface area contributed by atoms with Crippen LogP contribution in [0.15, 0.2) is 41.3 Å². The van der Waals surface area contributed by atoms with Crippen molar-refractivity contribution in [3.8, 4) is 0 Å². The van der Waals surface area contributed by atoms with Gasteiger partial charge in [-0.1, -0.05) is 36.7 Å². The Balaban J connectivity index is 2.50. The Morgan fingerprint density at radius 1 is 1.26 bits per heavy atom. The van der Waals surface area contributed by atoms with E-state index in [2.05, 4.69) is 4.72 Å². The lowest BCUT2D eigenvalue weighted by Crippen LogP contribution is -2.14. The molecule has 8 heteroatoms. The number of nitrogens with one attached hydrogen (secondary N) is 1. The predicted molar refractivity (Wildman–Crippen MR) is 89.5 cm³/mol. The van der Waals surface area contributed by atoms with Gasteiger partial charge in [-0.2, -0.15) is 0 Å². The Morgan fingerprint density at radius 2 is 1.91 bits per heavy atom. The summed E-state index contributed by atoms with van der Waals surface area (Å²) in [5, 5.41) is 11.1. The van der Waals surface area contributed by atoms with Gasteiger partial charge in [0.1, 0.15) is 0 Å². The standard InChI is InChI=1S/C15H15ClN2O4S/c1-3-11-6-4-5-7-14(11)17-23(21,22)12-8-13(16)10(2)15(9-12)18(19)20/h4-9,17H,3H2,1-2H3. The van der Waals surface area contributed by atoms with Gasteiger partial charge in [0.25, 0.3) is 15.7 Å². The Labute approximate surface area is 139 Å². The number of benzene rings is 2. The average molecular weight is 355 g/mol. The Kier molecular flexibility index (Phi) is 4.91. The molecule has 0 aliphatic carbocycles. The van der Waals surface area contributed by atoms with Gasteiger partial charge in [0, 0.05) is 11.6 Å². The van der Waals surface area contributed by atoms with Crippen molar-refractivity contribution in [1.82, 2.24) is 0 Å². The average Bonchev–Trinajstić information content (AvgIpc) is 2.49. The second kappa shape index (κ2) is 6.55. The molecule has 0 aliphatic rings. The van der Waals surface area contributed by atoms with Crippen LogP contribution >= 0.6 is 11.6 Å². The molecule has 0 radical (unpaired) electrons. The van der Waals surface area contributed by atoms with Crippen molar-refractivity contribution in [2.45, 2.75) is 25.2 Å². The highest BCUT2D eigenvalue weighted by atomic mass is 35.5. The van der Waals surface area contributed by atoms with Crippen LogP contribution in [-0.2, 0) is 16.4 Å². The maximum absolute atomic E-state index is 12.5. The van der Waals surface area contributed by atoms with Gasteiger partial charge in [0.2, 0.25) is 0 Å². The molecule has 0 fully saturated rings. The largest absolute Gasteiger partial charge is 0.279 e. The van der Waals surface area contributed by atoms with Crippen LogP contribution in [0.1, 0.15) is 18.1 Å². The fourth-order valence-corrected chi connectivity index (χ4v) is 3.54. The number of anilines is 1. The number of para-hydroxylation sites is 1. The number of hydrogen-bond acceptors (Lipinski definition) is 4. The molecular weight excluding hydrogens is 340 g/mol. The van der Waals surface area contributed by atoms with Gasteiger partial charge < -0.3 is 0 Å². The summed E-state index contributed by atoms with van der Waals surface area (Å²) in [7, 11) is -3.98. The number of aryl methyl sites for hydroxylation is 1. The Bertz CT molecular complexity index is 866. The van der Waals surface area contributed by atoms with Crippen LogP contribution in [0.4, 0.5) is 11.4 Å². The van der Waals surface area contributed by atoms with Crippen molar-refractivity contribution in [2.75, 3.05) is 4.72 Å². The van der Waals surface area contributed by atoms with Crippen LogP contribution in [0.3, 0.4) is 0 Å². The summed E-state index contributed by atoms with van der Waals surface area (Å²) >= 11 is 5.93. The number of nitrogens with zero attached hydrogens (tertiary/aromatic N) is 1.